The largest absolute Gasteiger partial charge is 0.341 e. The van der Waals surface area contributed by atoms with Gasteiger partial charge in [0, 0.05) is 6.54 Å². The summed E-state index contributed by atoms with van der Waals surface area (Å²) < 4.78 is 0.857. The van der Waals surface area contributed by atoms with Crippen LogP contribution >= 0.6 is 15.9 Å². The van der Waals surface area contributed by atoms with Crippen molar-refractivity contribution in [3.63, 3.8) is 0 Å². The van der Waals surface area contributed by atoms with Gasteiger partial charge in [-0.15, -0.1) is 0 Å². The van der Waals surface area contributed by atoms with E-state index < -0.39 is 0 Å². The summed E-state index contributed by atoms with van der Waals surface area (Å²) in [5, 5.41) is 3.33. The number of H-pyrrole nitrogens is 1. The van der Waals surface area contributed by atoms with E-state index in [-0.39, 0.29) is 0 Å². The predicted octanol–water partition coefficient (Wildman–Crippen LogP) is 3.01. The highest BCUT2D eigenvalue weighted by molar-refractivity contribution is 9.10. The van der Waals surface area contributed by atoms with Crippen LogP contribution in [-0.2, 0) is 13.1 Å². The Balaban J connectivity index is 1.63. The average molecular weight is 317 g/mol. The normalized spacial score (nSPS) is 11.0. The maximum absolute atomic E-state index is 4.51. The highest BCUT2D eigenvalue weighted by atomic mass is 79.9. The molecule has 0 aliphatic heterocycles. The number of hydrogen-bond acceptors (Lipinski definition) is 3. The molecule has 96 valence electrons. The van der Waals surface area contributed by atoms with Gasteiger partial charge in [-0.25, -0.2) is 9.97 Å². The maximum atomic E-state index is 4.51. The number of pyridine rings is 1. The molecule has 0 fully saturated rings. The molecule has 0 saturated carbocycles. The molecule has 5 heteroatoms. The van der Waals surface area contributed by atoms with Crippen LogP contribution in [0.15, 0.2) is 47.1 Å². The Hall–Kier alpha value is -1.72. The van der Waals surface area contributed by atoms with Crippen molar-refractivity contribution in [1.29, 1.82) is 0 Å². The first-order valence-corrected chi connectivity index (χ1v) is 6.86. The molecule has 3 aromatic rings. The zero-order valence-electron chi connectivity index (χ0n) is 10.2. The fraction of sp³-hybridized carbons (Fsp3) is 0.143. The van der Waals surface area contributed by atoms with Crippen LogP contribution in [0.5, 0.6) is 0 Å². The van der Waals surface area contributed by atoms with E-state index in [4.69, 9.17) is 0 Å². The number of benzene rings is 1. The van der Waals surface area contributed by atoms with Crippen molar-refractivity contribution in [3.8, 4) is 0 Å². The standard InChI is InChI=1S/C14H13BrN4/c15-13-7-3-4-10(17-13)8-16-9-14-18-11-5-1-2-6-12(11)19-14/h1-7,16H,8-9H2,(H,18,19). The molecule has 1 aromatic carbocycles. The second-order valence-electron chi connectivity index (χ2n) is 4.26. The highest BCUT2D eigenvalue weighted by Crippen LogP contribution is 2.10. The number of nitrogens with one attached hydrogen (secondary N) is 2. The van der Waals surface area contributed by atoms with Crippen LogP contribution in [-0.4, -0.2) is 15.0 Å². The SMILES string of the molecule is Brc1cccc(CNCc2nc3ccccc3[nH]2)n1. The lowest BCUT2D eigenvalue weighted by Crippen LogP contribution is -2.14. The van der Waals surface area contributed by atoms with Gasteiger partial charge >= 0.3 is 0 Å². The molecule has 0 amide bonds. The minimum absolute atomic E-state index is 0.697. The van der Waals surface area contributed by atoms with Crippen molar-refractivity contribution in [3.05, 3.63) is 58.6 Å². The number of aromatic nitrogens is 3. The van der Waals surface area contributed by atoms with Gasteiger partial charge in [-0.2, -0.15) is 0 Å². The van der Waals surface area contributed by atoms with E-state index >= 15 is 0 Å². The number of para-hydroxylation sites is 2. The van der Waals surface area contributed by atoms with Crippen molar-refractivity contribution in [1.82, 2.24) is 20.3 Å². The first-order valence-electron chi connectivity index (χ1n) is 6.07. The first kappa shape index (κ1) is 12.3. The van der Waals surface area contributed by atoms with Crippen LogP contribution < -0.4 is 5.32 Å². The number of aromatic amines is 1. The van der Waals surface area contributed by atoms with E-state index in [0.717, 1.165) is 33.7 Å². The molecule has 2 N–H and O–H groups in total. The van der Waals surface area contributed by atoms with Gasteiger partial charge in [-0.05, 0) is 40.2 Å². The summed E-state index contributed by atoms with van der Waals surface area (Å²) in [6, 6.07) is 13.9. The monoisotopic (exact) mass is 316 g/mol. The van der Waals surface area contributed by atoms with Gasteiger partial charge in [0.25, 0.3) is 0 Å². The van der Waals surface area contributed by atoms with Gasteiger partial charge in [0.05, 0.1) is 23.3 Å². The van der Waals surface area contributed by atoms with Crippen LogP contribution in [0.3, 0.4) is 0 Å². The lowest BCUT2D eigenvalue weighted by molar-refractivity contribution is 0.658. The lowest BCUT2D eigenvalue weighted by atomic mass is 10.3. The fourth-order valence-corrected chi connectivity index (χ4v) is 2.33. The number of halogens is 1. The van der Waals surface area contributed by atoms with Crippen LogP contribution in [0.4, 0.5) is 0 Å². The van der Waals surface area contributed by atoms with Crippen molar-refractivity contribution in [2.75, 3.05) is 0 Å². The third kappa shape index (κ3) is 3.00. The smallest absolute Gasteiger partial charge is 0.121 e. The summed E-state index contributed by atoms with van der Waals surface area (Å²) in [6.45, 7) is 1.42. The maximum Gasteiger partial charge on any atom is 0.121 e. The fourth-order valence-electron chi connectivity index (χ4n) is 1.95. The molecule has 2 aromatic heterocycles. The van der Waals surface area contributed by atoms with Crippen LogP contribution in [0.1, 0.15) is 11.5 Å². The summed E-state index contributed by atoms with van der Waals surface area (Å²) in [4.78, 5) is 12.2. The topological polar surface area (TPSA) is 53.6 Å². The molecule has 0 atom stereocenters. The second kappa shape index (κ2) is 5.50. The van der Waals surface area contributed by atoms with Crippen LogP contribution in [0, 0.1) is 0 Å². The second-order valence-corrected chi connectivity index (χ2v) is 5.07. The number of hydrogen-bond donors (Lipinski definition) is 2. The van der Waals surface area contributed by atoms with Gasteiger partial charge in [-0.1, -0.05) is 18.2 Å². The number of rotatable bonds is 4. The molecule has 4 nitrogen and oxygen atoms in total. The zero-order valence-corrected chi connectivity index (χ0v) is 11.8. The zero-order chi connectivity index (χ0) is 13.1. The molecule has 0 spiro atoms. The molecular formula is C14H13BrN4. The quantitative estimate of drug-likeness (QED) is 0.727. The first-order chi connectivity index (χ1) is 9.31. The third-order valence-corrected chi connectivity index (χ3v) is 3.25. The van der Waals surface area contributed by atoms with E-state index in [2.05, 4.69) is 36.2 Å². The Kier molecular flexibility index (Phi) is 3.57. The molecule has 0 radical (unpaired) electrons. The summed E-state index contributed by atoms with van der Waals surface area (Å²) in [5.74, 6) is 0.941. The van der Waals surface area contributed by atoms with Crippen molar-refractivity contribution >= 4 is 27.0 Å². The third-order valence-electron chi connectivity index (χ3n) is 2.81. The van der Waals surface area contributed by atoms with Crippen LogP contribution in [0.25, 0.3) is 11.0 Å². The van der Waals surface area contributed by atoms with Gasteiger partial charge in [0.15, 0.2) is 0 Å². The minimum Gasteiger partial charge on any atom is -0.341 e. The van der Waals surface area contributed by atoms with E-state index in [1.807, 2.05) is 42.5 Å². The van der Waals surface area contributed by atoms with Gasteiger partial charge < -0.3 is 10.3 Å². The molecule has 0 bridgehead atoms. The van der Waals surface area contributed by atoms with Crippen LogP contribution in [0.2, 0.25) is 0 Å². The Morgan fingerprint density at radius 2 is 1.89 bits per heavy atom. The van der Waals surface area contributed by atoms with E-state index in [9.17, 15) is 0 Å². The van der Waals surface area contributed by atoms with Gasteiger partial charge in [0.1, 0.15) is 10.4 Å². The number of imidazole rings is 1. The molecule has 0 saturated heterocycles. The Labute approximate surface area is 119 Å². The van der Waals surface area contributed by atoms with Crippen molar-refractivity contribution in [2.45, 2.75) is 13.1 Å². The Morgan fingerprint density at radius 1 is 1.00 bits per heavy atom. The predicted molar refractivity (Wildman–Crippen MR) is 78.6 cm³/mol. The van der Waals surface area contributed by atoms with E-state index in [1.54, 1.807) is 0 Å². The molecule has 0 aliphatic carbocycles. The molecule has 0 unspecified atom stereocenters. The summed E-state index contributed by atoms with van der Waals surface area (Å²) >= 11 is 3.36. The molecule has 19 heavy (non-hydrogen) atoms. The summed E-state index contributed by atoms with van der Waals surface area (Å²) in [6.07, 6.45) is 0. The molecule has 2 heterocycles. The minimum atomic E-state index is 0.697. The molecular weight excluding hydrogens is 304 g/mol. The number of nitrogens with zero attached hydrogens (tertiary/aromatic N) is 2. The van der Waals surface area contributed by atoms with Crippen molar-refractivity contribution in [2.24, 2.45) is 0 Å². The van der Waals surface area contributed by atoms with Gasteiger partial charge in [0.2, 0.25) is 0 Å². The number of fused-ring (bicyclic) bond motifs is 1. The van der Waals surface area contributed by atoms with E-state index in [0.29, 0.717) is 6.54 Å². The van der Waals surface area contributed by atoms with E-state index in [1.165, 1.54) is 0 Å². The molecule has 3 rings (SSSR count). The summed E-state index contributed by atoms with van der Waals surface area (Å²) in [5.41, 5.74) is 3.07. The van der Waals surface area contributed by atoms with Gasteiger partial charge in [-0.3, -0.25) is 0 Å². The highest BCUT2D eigenvalue weighted by Gasteiger charge is 2.01. The summed E-state index contributed by atoms with van der Waals surface area (Å²) in [7, 11) is 0. The Bertz CT molecular complexity index is 659. The Morgan fingerprint density at radius 3 is 2.74 bits per heavy atom. The molecule has 0 aliphatic rings. The lowest BCUT2D eigenvalue weighted by Gasteiger charge is -2.02. The average Bonchev–Trinajstić information content (AvgIpc) is 2.81. The van der Waals surface area contributed by atoms with Crippen molar-refractivity contribution < 1.29 is 0 Å².